The van der Waals surface area contributed by atoms with E-state index in [4.69, 9.17) is 9.15 Å². The summed E-state index contributed by atoms with van der Waals surface area (Å²) in [6, 6.07) is 13.6. The highest BCUT2D eigenvalue weighted by atomic mass is 79.9. The molecule has 0 bridgehead atoms. The van der Waals surface area contributed by atoms with Crippen molar-refractivity contribution in [1.82, 2.24) is 19.7 Å². The number of amides is 1. The largest absolute Gasteiger partial charge is 0.444 e. The van der Waals surface area contributed by atoms with Crippen molar-refractivity contribution in [3.8, 4) is 17.4 Å². The van der Waals surface area contributed by atoms with Gasteiger partial charge in [-0.25, -0.2) is 4.98 Å². The van der Waals surface area contributed by atoms with Gasteiger partial charge < -0.3 is 14.5 Å². The number of carbonyl (C=O) groups excluding carboxylic acids is 1. The molecule has 1 aromatic carbocycles. The van der Waals surface area contributed by atoms with Gasteiger partial charge >= 0.3 is 0 Å². The minimum absolute atomic E-state index is 0.218. The zero-order chi connectivity index (χ0) is 18.6. The first kappa shape index (κ1) is 17.0. The number of benzene rings is 1. The van der Waals surface area contributed by atoms with Gasteiger partial charge in [-0.3, -0.25) is 9.36 Å². The smallest absolute Gasteiger partial charge is 0.291 e. The van der Waals surface area contributed by atoms with Crippen molar-refractivity contribution in [2.45, 2.75) is 0 Å². The van der Waals surface area contributed by atoms with E-state index in [0.717, 1.165) is 0 Å². The number of furan rings is 1. The van der Waals surface area contributed by atoms with Crippen molar-refractivity contribution in [2.75, 3.05) is 5.32 Å². The molecule has 134 valence electrons. The van der Waals surface area contributed by atoms with Crippen LogP contribution < -0.4 is 10.1 Å². The highest BCUT2D eigenvalue weighted by Gasteiger charge is 2.10. The summed E-state index contributed by atoms with van der Waals surface area (Å²) in [4.78, 5) is 16.0. The van der Waals surface area contributed by atoms with Crippen LogP contribution in [-0.4, -0.2) is 25.7 Å². The Kier molecular flexibility index (Phi) is 4.67. The van der Waals surface area contributed by atoms with E-state index in [9.17, 15) is 4.79 Å². The number of rotatable bonds is 5. The van der Waals surface area contributed by atoms with E-state index in [1.54, 1.807) is 71.8 Å². The number of imidazole rings is 1. The van der Waals surface area contributed by atoms with Gasteiger partial charge in [0.05, 0.1) is 0 Å². The second-order valence-corrected chi connectivity index (χ2v) is 6.17. The molecule has 0 fully saturated rings. The maximum Gasteiger partial charge on any atom is 0.291 e. The number of ether oxygens (including phenoxy) is 1. The predicted molar refractivity (Wildman–Crippen MR) is 100 cm³/mol. The molecule has 0 saturated carbocycles. The third-order valence-corrected chi connectivity index (χ3v) is 3.95. The molecule has 1 amide bonds. The normalized spacial score (nSPS) is 10.6. The van der Waals surface area contributed by atoms with Crippen molar-refractivity contribution >= 4 is 27.5 Å². The molecule has 0 aliphatic heterocycles. The van der Waals surface area contributed by atoms with Gasteiger partial charge in [-0.15, -0.1) is 10.2 Å². The van der Waals surface area contributed by atoms with Crippen LogP contribution >= 0.6 is 15.9 Å². The number of aromatic nitrogens is 4. The van der Waals surface area contributed by atoms with Crippen LogP contribution in [0.4, 0.5) is 5.69 Å². The molecular formula is C18H12BrN5O3. The highest BCUT2D eigenvalue weighted by Crippen LogP contribution is 2.22. The summed E-state index contributed by atoms with van der Waals surface area (Å²) < 4.78 is 13.1. The summed E-state index contributed by atoms with van der Waals surface area (Å²) in [5, 5.41) is 10.9. The Morgan fingerprint density at radius 3 is 2.56 bits per heavy atom. The Morgan fingerprint density at radius 2 is 1.93 bits per heavy atom. The van der Waals surface area contributed by atoms with Crippen LogP contribution in [-0.2, 0) is 0 Å². The summed E-state index contributed by atoms with van der Waals surface area (Å²) in [7, 11) is 0. The highest BCUT2D eigenvalue weighted by molar-refractivity contribution is 9.10. The molecule has 0 unspecified atom stereocenters. The average Bonchev–Trinajstić information content (AvgIpc) is 3.36. The van der Waals surface area contributed by atoms with E-state index in [0.29, 0.717) is 27.8 Å². The summed E-state index contributed by atoms with van der Waals surface area (Å²) >= 11 is 3.16. The number of nitrogens with zero attached hydrogens (tertiary/aromatic N) is 4. The van der Waals surface area contributed by atoms with Gasteiger partial charge in [0, 0.05) is 24.1 Å². The molecule has 8 nitrogen and oxygen atoms in total. The molecule has 3 aromatic heterocycles. The Balaban J connectivity index is 1.39. The van der Waals surface area contributed by atoms with E-state index in [1.807, 2.05) is 0 Å². The van der Waals surface area contributed by atoms with Gasteiger partial charge in [0.1, 0.15) is 12.1 Å². The fraction of sp³-hybridized carbons (Fsp3) is 0. The van der Waals surface area contributed by atoms with Gasteiger partial charge in [-0.2, -0.15) is 0 Å². The molecule has 1 N–H and O–H groups in total. The molecule has 4 aromatic rings. The zero-order valence-corrected chi connectivity index (χ0v) is 15.3. The van der Waals surface area contributed by atoms with Crippen LogP contribution in [0.2, 0.25) is 0 Å². The van der Waals surface area contributed by atoms with Crippen molar-refractivity contribution in [3.63, 3.8) is 0 Å². The van der Waals surface area contributed by atoms with E-state index >= 15 is 0 Å². The Bertz CT molecular complexity index is 1040. The first-order valence-electron chi connectivity index (χ1n) is 7.84. The lowest BCUT2D eigenvalue weighted by Crippen LogP contribution is -2.10. The molecule has 0 aliphatic carbocycles. The van der Waals surface area contributed by atoms with E-state index < -0.39 is 0 Å². The standard InChI is InChI=1S/C18H12BrN5O3/c19-15-6-5-14(27-15)18(25)21-12-1-3-13(4-2-12)26-17-8-7-16(22-23-17)24-10-9-20-11-24/h1-11H,(H,21,25). The van der Waals surface area contributed by atoms with Crippen molar-refractivity contribution in [2.24, 2.45) is 0 Å². The van der Waals surface area contributed by atoms with E-state index in [1.165, 1.54) is 0 Å². The number of carbonyl (C=O) groups is 1. The quantitative estimate of drug-likeness (QED) is 0.517. The maximum atomic E-state index is 12.1. The summed E-state index contributed by atoms with van der Waals surface area (Å²) in [5.41, 5.74) is 0.612. The minimum Gasteiger partial charge on any atom is -0.444 e. The molecule has 4 rings (SSSR count). The van der Waals surface area contributed by atoms with Gasteiger partial charge in [-0.05, 0) is 58.4 Å². The van der Waals surface area contributed by atoms with Crippen LogP contribution in [0, 0.1) is 0 Å². The van der Waals surface area contributed by atoms with Crippen LogP contribution in [0.1, 0.15) is 10.6 Å². The summed E-state index contributed by atoms with van der Waals surface area (Å²) in [5.74, 6) is 1.45. The molecule has 27 heavy (non-hydrogen) atoms. The van der Waals surface area contributed by atoms with Crippen molar-refractivity contribution in [3.05, 3.63) is 77.7 Å². The topological polar surface area (TPSA) is 95.1 Å². The van der Waals surface area contributed by atoms with Gasteiger partial charge in [0.25, 0.3) is 5.91 Å². The van der Waals surface area contributed by atoms with E-state index in [-0.39, 0.29) is 11.7 Å². The SMILES string of the molecule is O=C(Nc1ccc(Oc2ccc(-n3ccnc3)nn2)cc1)c1ccc(Br)o1. The molecule has 0 radical (unpaired) electrons. The molecule has 9 heteroatoms. The third kappa shape index (κ3) is 4.04. The van der Waals surface area contributed by atoms with Crippen LogP contribution in [0.3, 0.4) is 0 Å². The van der Waals surface area contributed by atoms with Gasteiger partial charge in [-0.1, -0.05) is 0 Å². The van der Waals surface area contributed by atoms with Gasteiger partial charge in [0.15, 0.2) is 16.2 Å². The minimum atomic E-state index is -0.338. The second-order valence-electron chi connectivity index (χ2n) is 5.38. The van der Waals surface area contributed by atoms with Crippen LogP contribution in [0.15, 0.2) is 76.3 Å². The van der Waals surface area contributed by atoms with Crippen LogP contribution in [0.5, 0.6) is 11.6 Å². The lowest BCUT2D eigenvalue weighted by Gasteiger charge is -2.07. The maximum absolute atomic E-state index is 12.1. The van der Waals surface area contributed by atoms with Crippen LogP contribution in [0.25, 0.3) is 5.82 Å². The summed E-state index contributed by atoms with van der Waals surface area (Å²) in [6.45, 7) is 0. The third-order valence-electron chi connectivity index (χ3n) is 3.53. The summed E-state index contributed by atoms with van der Waals surface area (Å²) in [6.07, 6.45) is 5.08. The molecule has 0 spiro atoms. The molecule has 0 atom stereocenters. The van der Waals surface area contributed by atoms with E-state index in [2.05, 4.69) is 36.4 Å². The van der Waals surface area contributed by atoms with Gasteiger partial charge in [0.2, 0.25) is 5.88 Å². The second kappa shape index (κ2) is 7.42. The zero-order valence-electron chi connectivity index (χ0n) is 13.7. The fourth-order valence-electron chi connectivity index (χ4n) is 2.26. The van der Waals surface area contributed by atoms with Crippen molar-refractivity contribution in [1.29, 1.82) is 0 Å². The lowest BCUT2D eigenvalue weighted by molar-refractivity contribution is 0.0995. The Labute approximate surface area is 162 Å². The fourth-order valence-corrected chi connectivity index (χ4v) is 2.56. The average molecular weight is 426 g/mol. The number of halogens is 1. The molecule has 0 aliphatic rings. The first-order chi connectivity index (χ1) is 13.2. The molecule has 3 heterocycles. The number of anilines is 1. The lowest BCUT2D eigenvalue weighted by atomic mass is 10.3. The Hall–Kier alpha value is -3.46. The number of hydrogen-bond acceptors (Lipinski definition) is 6. The Morgan fingerprint density at radius 1 is 1.07 bits per heavy atom. The molecular weight excluding hydrogens is 414 g/mol. The predicted octanol–water partition coefficient (Wildman–Crippen LogP) is 4.06. The number of nitrogens with one attached hydrogen (secondary N) is 1. The molecule has 0 saturated heterocycles. The first-order valence-corrected chi connectivity index (χ1v) is 8.63. The van der Waals surface area contributed by atoms with Crippen molar-refractivity contribution < 1.29 is 13.9 Å². The monoisotopic (exact) mass is 425 g/mol. The number of hydrogen-bond donors (Lipinski definition) is 1.